The van der Waals surface area contributed by atoms with Gasteiger partial charge in [0, 0.05) is 0 Å². The maximum Gasteiger partial charge on any atom is 0.296 e. The fraction of sp³-hybridized carbons (Fsp3) is 0.0952. The predicted molar refractivity (Wildman–Crippen MR) is 117 cm³/mol. The minimum atomic E-state index is -0.819. The first-order chi connectivity index (χ1) is 14.5. The molecule has 1 aromatic carbocycles. The summed E-state index contributed by atoms with van der Waals surface area (Å²) in [6.45, 7) is 1.72. The molecule has 6 nitrogen and oxygen atoms in total. The van der Waals surface area contributed by atoms with Crippen molar-refractivity contribution in [3.63, 3.8) is 0 Å². The number of hydrogen-bond acceptors (Lipinski definition) is 7. The van der Waals surface area contributed by atoms with Crippen LogP contribution in [0.1, 0.15) is 27.9 Å². The molecule has 0 bridgehead atoms. The van der Waals surface area contributed by atoms with Crippen LogP contribution in [0.25, 0.3) is 10.2 Å². The number of aryl methyl sites for hydroxylation is 1. The van der Waals surface area contributed by atoms with Gasteiger partial charge < -0.3 is 9.52 Å². The highest BCUT2D eigenvalue weighted by Gasteiger charge is 2.46. The number of halogens is 1. The van der Waals surface area contributed by atoms with Gasteiger partial charge >= 0.3 is 0 Å². The van der Waals surface area contributed by atoms with Gasteiger partial charge in [0.25, 0.3) is 5.91 Å². The molecule has 1 aliphatic heterocycles. The largest absolute Gasteiger partial charge is 0.503 e. The van der Waals surface area contributed by atoms with Crippen LogP contribution in [0, 0.1) is 6.92 Å². The number of ketones is 1. The molecule has 0 saturated carbocycles. The van der Waals surface area contributed by atoms with Crippen LogP contribution in [0.2, 0.25) is 5.02 Å². The Morgan fingerprint density at radius 2 is 2.10 bits per heavy atom. The smallest absolute Gasteiger partial charge is 0.296 e. The first-order valence-corrected chi connectivity index (χ1v) is 11.0. The van der Waals surface area contributed by atoms with Crippen molar-refractivity contribution in [2.45, 2.75) is 13.0 Å². The van der Waals surface area contributed by atoms with Crippen LogP contribution in [-0.2, 0) is 4.79 Å². The Labute approximate surface area is 183 Å². The number of thiazole rings is 1. The Balaban J connectivity index is 1.67. The Morgan fingerprint density at radius 1 is 1.27 bits per heavy atom. The number of rotatable bonds is 4. The number of carbonyl (C=O) groups is 2. The van der Waals surface area contributed by atoms with E-state index >= 15 is 0 Å². The average Bonchev–Trinajstić information content (AvgIpc) is 3.49. The summed E-state index contributed by atoms with van der Waals surface area (Å²) in [5.41, 5.74) is 1.24. The van der Waals surface area contributed by atoms with E-state index in [0.29, 0.717) is 27.0 Å². The topological polar surface area (TPSA) is 83.6 Å². The molecule has 5 rings (SSSR count). The van der Waals surface area contributed by atoms with Crippen LogP contribution in [0.15, 0.2) is 62.9 Å². The molecule has 150 valence electrons. The molecular weight excluding hydrogens is 444 g/mol. The Morgan fingerprint density at radius 3 is 2.77 bits per heavy atom. The quantitative estimate of drug-likeness (QED) is 0.398. The van der Waals surface area contributed by atoms with Gasteiger partial charge in [-0.05, 0) is 53.6 Å². The van der Waals surface area contributed by atoms with Gasteiger partial charge in [0.2, 0.25) is 5.78 Å². The lowest BCUT2D eigenvalue weighted by atomic mass is 9.97. The number of carbonyl (C=O) groups excluding carboxylic acids is 2. The normalized spacial score (nSPS) is 16.8. The maximum absolute atomic E-state index is 13.2. The highest BCUT2D eigenvalue weighted by atomic mass is 35.5. The van der Waals surface area contributed by atoms with E-state index < -0.39 is 23.5 Å². The summed E-state index contributed by atoms with van der Waals surface area (Å²) in [5.74, 6) is -1.20. The molecule has 4 aromatic rings. The number of furan rings is 1. The Bertz CT molecular complexity index is 1340. The van der Waals surface area contributed by atoms with Crippen molar-refractivity contribution in [3.8, 4) is 0 Å². The first-order valence-electron chi connectivity index (χ1n) is 8.90. The van der Waals surface area contributed by atoms with Crippen LogP contribution in [0.3, 0.4) is 0 Å². The van der Waals surface area contributed by atoms with Gasteiger partial charge in [0.05, 0.1) is 21.3 Å². The number of hydrogen-bond donors (Lipinski definition) is 1. The molecule has 1 atom stereocenters. The van der Waals surface area contributed by atoms with Gasteiger partial charge in [-0.25, -0.2) is 4.98 Å². The molecular formula is C21H13ClN2O4S2. The van der Waals surface area contributed by atoms with E-state index in [2.05, 4.69) is 4.98 Å². The van der Waals surface area contributed by atoms with E-state index in [4.69, 9.17) is 16.0 Å². The molecule has 0 saturated heterocycles. The average molecular weight is 457 g/mol. The third kappa shape index (κ3) is 2.87. The minimum Gasteiger partial charge on any atom is -0.503 e. The van der Waals surface area contributed by atoms with Crippen molar-refractivity contribution in [2.75, 3.05) is 4.90 Å². The van der Waals surface area contributed by atoms with Crippen LogP contribution >= 0.6 is 34.3 Å². The van der Waals surface area contributed by atoms with Crippen molar-refractivity contribution in [1.29, 1.82) is 0 Å². The van der Waals surface area contributed by atoms with Crippen molar-refractivity contribution in [2.24, 2.45) is 0 Å². The van der Waals surface area contributed by atoms with E-state index in [1.807, 2.05) is 22.9 Å². The number of benzene rings is 1. The van der Waals surface area contributed by atoms with E-state index in [-0.39, 0.29) is 11.3 Å². The van der Waals surface area contributed by atoms with Gasteiger partial charge in [-0.3, -0.25) is 14.5 Å². The van der Waals surface area contributed by atoms with Gasteiger partial charge in [-0.2, -0.15) is 11.3 Å². The number of thiophene rings is 1. The third-order valence-corrected chi connectivity index (χ3v) is 6.87. The molecule has 9 heteroatoms. The Kier molecular flexibility index (Phi) is 4.50. The fourth-order valence-corrected chi connectivity index (χ4v) is 5.45. The standard InChI is InChI=1S/C21H13ClN2O4S2/c1-10-5-6-13(28-10)18(25)15-17(11-7-8-29-9-11)24(20(27)19(15)26)21-23-16-12(22)3-2-4-14(16)30-21/h2-9,17,26H,1H3. The minimum absolute atomic E-state index is 0.0295. The second kappa shape index (κ2) is 7.09. The first kappa shape index (κ1) is 19.0. The van der Waals surface area contributed by atoms with Crippen molar-refractivity contribution >= 4 is 61.3 Å². The van der Waals surface area contributed by atoms with Crippen molar-refractivity contribution < 1.29 is 19.1 Å². The predicted octanol–water partition coefficient (Wildman–Crippen LogP) is 5.70. The second-order valence-corrected chi connectivity index (χ2v) is 8.92. The van der Waals surface area contributed by atoms with Crippen molar-refractivity contribution in [1.82, 2.24) is 4.98 Å². The number of amides is 1. The van der Waals surface area contributed by atoms with E-state index in [9.17, 15) is 14.7 Å². The van der Waals surface area contributed by atoms with Gasteiger partial charge in [-0.15, -0.1) is 0 Å². The zero-order valence-electron chi connectivity index (χ0n) is 15.5. The van der Waals surface area contributed by atoms with Gasteiger partial charge in [0.1, 0.15) is 11.3 Å². The molecule has 0 spiro atoms. The monoisotopic (exact) mass is 456 g/mol. The number of Topliss-reactive ketones (excluding diaryl/α,β-unsaturated/α-hetero) is 1. The van der Waals surface area contributed by atoms with Crippen LogP contribution in [0.5, 0.6) is 0 Å². The highest BCUT2D eigenvalue weighted by Crippen LogP contribution is 2.45. The fourth-order valence-electron chi connectivity index (χ4n) is 3.48. The molecule has 1 unspecified atom stereocenters. The number of aliphatic hydroxyl groups is 1. The molecule has 1 aliphatic rings. The van der Waals surface area contributed by atoms with E-state index in [1.165, 1.54) is 33.6 Å². The number of fused-ring (bicyclic) bond motifs is 1. The molecule has 0 fully saturated rings. The number of aliphatic hydroxyl groups excluding tert-OH is 1. The summed E-state index contributed by atoms with van der Waals surface area (Å²) in [4.78, 5) is 32.2. The maximum atomic E-state index is 13.2. The number of para-hydroxylation sites is 1. The summed E-state index contributed by atoms with van der Waals surface area (Å²) in [6.07, 6.45) is 0. The van der Waals surface area contributed by atoms with Crippen LogP contribution in [0.4, 0.5) is 5.13 Å². The van der Waals surface area contributed by atoms with E-state index in [0.717, 1.165) is 4.70 Å². The van der Waals surface area contributed by atoms with Crippen LogP contribution in [-0.4, -0.2) is 21.8 Å². The molecule has 0 radical (unpaired) electrons. The summed E-state index contributed by atoms with van der Waals surface area (Å²) >= 11 is 8.96. The van der Waals surface area contributed by atoms with Crippen molar-refractivity contribution in [3.05, 3.63) is 80.6 Å². The lowest BCUT2D eigenvalue weighted by Crippen LogP contribution is -2.30. The number of nitrogens with zero attached hydrogens (tertiary/aromatic N) is 2. The summed E-state index contributed by atoms with van der Waals surface area (Å²) in [6, 6.07) is 9.57. The zero-order valence-corrected chi connectivity index (χ0v) is 17.8. The summed E-state index contributed by atoms with van der Waals surface area (Å²) in [7, 11) is 0. The summed E-state index contributed by atoms with van der Waals surface area (Å²) < 4.78 is 6.26. The van der Waals surface area contributed by atoms with Crippen LogP contribution < -0.4 is 4.90 Å². The molecule has 1 N–H and O–H groups in total. The lowest BCUT2D eigenvalue weighted by Gasteiger charge is -2.23. The molecule has 30 heavy (non-hydrogen) atoms. The second-order valence-electron chi connectivity index (χ2n) is 6.72. The highest BCUT2D eigenvalue weighted by molar-refractivity contribution is 7.22. The number of anilines is 1. The SMILES string of the molecule is Cc1ccc(C(=O)C2=C(O)C(=O)N(c3nc4c(Cl)cccc4s3)C2c2ccsc2)o1. The molecule has 0 aliphatic carbocycles. The molecule has 4 heterocycles. The lowest BCUT2D eigenvalue weighted by molar-refractivity contribution is -0.117. The molecule has 1 amide bonds. The van der Waals surface area contributed by atoms with Gasteiger partial charge in [-0.1, -0.05) is 29.0 Å². The third-order valence-electron chi connectivity index (χ3n) is 4.84. The van der Waals surface area contributed by atoms with E-state index in [1.54, 1.807) is 25.1 Å². The summed E-state index contributed by atoms with van der Waals surface area (Å²) in [5, 5.41) is 15.2. The Hall–Kier alpha value is -2.94. The molecule has 3 aromatic heterocycles. The zero-order chi connectivity index (χ0) is 21.0. The number of aromatic nitrogens is 1. The van der Waals surface area contributed by atoms with Gasteiger partial charge in [0.15, 0.2) is 16.7 Å².